The highest BCUT2D eigenvalue weighted by molar-refractivity contribution is 9.10. The zero-order valence-electron chi connectivity index (χ0n) is 13.2. The smallest absolute Gasteiger partial charge is 0.220 e. The van der Waals surface area contributed by atoms with Crippen LogP contribution in [0.2, 0.25) is 0 Å². The van der Waals surface area contributed by atoms with Crippen molar-refractivity contribution in [2.75, 3.05) is 4.90 Å². The van der Waals surface area contributed by atoms with E-state index >= 15 is 0 Å². The third-order valence-electron chi connectivity index (χ3n) is 4.83. The van der Waals surface area contributed by atoms with Crippen molar-refractivity contribution in [3.63, 3.8) is 0 Å². The first-order valence-electron chi connectivity index (χ1n) is 8.13. The zero-order valence-corrected chi connectivity index (χ0v) is 14.8. The number of rotatable bonds is 1. The van der Waals surface area contributed by atoms with Gasteiger partial charge < -0.3 is 11.5 Å². The Morgan fingerprint density at radius 3 is 2.62 bits per heavy atom. The molecule has 24 heavy (non-hydrogen) atoms. The van der Waals surface area contributed by atoms with Gasteiger partial charge in [-0.1, -0.05) is 22.4 Å². The van der Waals surface area contributed by atoms with Crippen LogP contribution in [-0.4, -0.2) is 22.6 Å². The van der Waals surface area contributed by atoms with Crippen molar-refractivity contribution < 1.29 is 0 Å². The number of guanidine groups is 2. The number of halogens is 1. The predicted octanol–water partition coefficient (Wildman–Crippen LogP) is 3.11. The number of anilines is 1. The van der Waals surface area contributed by atoms with Crippen molar-refractivity contribution in [3.8, 4) is 0 Å². The van der Waals surface area contributed by atoms with Crippen molar-refractivity contribution in [1.82, 2.24) is 4.98 Å². The fourth-order valence-electron chi connectivity index (χ4n) is 3.80. The van der Waals surface area contributed by atoms with Crippen LogP contribution in [0.15, 0.2) is 45.1 Å². The number of benzene rings is 1. The molecule has 0 saturated heterocycles. The SMILES string of the molecule is NC1=NC2(CCCCC2)N(c2ccc(Br)c3cnccc23)C(N)=N1. The summed E-state index contributed by atoms with van der Waals surface area (Å²) in [7, 11) is 0. The molecule has 1 aliphatic heterocycles. The number of pyridine rings is 1. The fourth-order valence-corrected chi connectivity index (χ4v) is 4.25. The van der Waals surface area contributed by atoms with E-state index in [1.54, 1.807) is 6.20 Å². The minimum atomic E-state index is -0.432. The van der Waals surface area contributed by atoms with Crippen LogP contribution in [0.1, 0.15) is 32.1 Å². The van der Waals surface area contributed by atoms with Crippen LogP contribution < -0.4 is 16.4 Å². The number of hydrogen-bond acceptors (Lipinski definition) is 6. The fraction of sp³-hybridized carbons (Fsp3) is 0.353. The number of nitrogens with zero attached hydrogens (tertiary/aromatic N) is 4. The average Bonchev–Trinajstić information content (AvgIpc) is 2.57. The number of nitrogens with two attached hydrogens (primary N) is 2. The second kappa shape index (κ2) is 5.73. The first-order chi connectivity index (χ1) is 11.6. The molecule has 1 saturated carbocycles. The number of fused-ring (bicyclic) bond motifs is 1. The van der Waals surface area contributed by atoms with Gasteiger partial charge in [-0.3, -0.25) is 9.88 Å². The van der Waals surface area contributed by atoms with E-state index in [0.29, 0.717) is 5.96 Å². The minimum absolute atomic E-state index is 0.272. The third-order valence-corrected chi connectivity index (χ3v) is 5.53. The van der Waals surface area contributed by atoms with Crippen molar-refractivity contribution >= 4 is 44.3 Å². The maximum Gasteiger partial charge on any atom is 0.220 e. The van der Waals surface area contributed by atoms with Crippen LogP contribution in [0.3, 0.4) is 0 Å². The molecule has 1 aliphatic carbocycles. The van der Waals surface area contributed by atoms with Crippen LogP contribution >= 0.6 is 15.9 Å². The lowest BCUT2D eigenvalue weighted by Gasteiger charge is -2.46. The van der Waals surface area contributed by atoms with E-state index in [1.807, 2.05) is 18.3 Å². The van der Waals surface area contributed by atoms with Crippen LogP contribution in [0.25, 0.3) is 10.8 Å². The Labute approximate surface area is 148 Å². The van der Waals surface area contributed by atoms with Crippen molar-refractivity contribution in [1.29, 1.82) is 0 Å². The molecule has 1 fully saturated rings. The quantitative estimate of drug-likeness (QED) is 0.787. The minimum Gasteiger partial charge on any atom is -0.369 e. The predicted molar refractivity (Wildman–Crippen MR) is 101 cm³/mol. The highest BCUT2D eigenvalue weighted by atomic mass is 79.9. The summed E-state index contributed by atoms with van der Waals surface area (Å²) in [4.78, 5) is 15.3. The molecule has 0 amide bonds. The molecule has 0 bridgehead atoms. The number of hydrogen-bond donors (Lipinski definition) is 2. The summed E-state index contributed by atoms with van der Waals surface area (Å²) >= 11 is 3.60. The molecule has 1 aromatic heterocycles. The van der Waals surface area contributed by atoms with Crippen molar-refractivity contribution in [2.24, 2.45) is 21.5 Å². The Morgan fingerprint density at radius 2 is 1.83 bits per heavy atom. The highest BCUT2D eigenvalue weighted by Crippen LogP contribution is 2.42. The normalized spacial score (nSPS) is 20.1. The molecule has 1 aromatic carbocycles. The molecule has 0 unspecified atom stereocenters. The molecule has 2 aliphatic rings. The summed E-state index contributed by atoms with van der Waals surface area (Å²) in [5.74, 6) is 0.679. The van der Waals surface area contributed by atoms with Crippen LogP contribution in [0.4, 0.5) is 5.69 Å². The molecule has 1 spiro atoms. The molecule has 0 radical (unpaired) electrons. The summed E-state index contributed by atoms with van der Waals surface area (Å²) in [5.41, 5.74) is 12.8. The topological polar surface area (TPSA) is 92.9 Å². The molecular weight excluding hydrogens is 368 g/mol. The van der Waals surface area contributed by atoms with Gasteiger partial charge in [0.05, 0.1) is 5.69 Å². The zero-order chi connectivity index (χ0) is 16.7. The maximum absolute atomic E-state index is 6.32. The Balaban J connectivity index is 1.94. The van der Waals surface area contributed by atoms with Gasteiger partial charge in [-0.2, -0.15) is 4.99 Å². The van der Waals surface area contributed by atoms with E-state index in [1.165, 1.54) is 6.42 Å². The Morgan fingerprint density at radius 1 is 1.04 bits per heavy atom. The van der Waals surface area contributed by atoms with E-state index in [0.717, 1.165) is 46.6 Å². The number of aromatic nitrogens is 1. The Bertz CT molecular complexity index is 853. The maximum atomic E-state index is 6.32. The lowest BCUT2D eigenvalue weighted by Crippen LogP contribution is -2.58. The molecule has 2 aromatic rings. The Kier molecular flexibility index (Phi) is 3.68. The van der Waals surface area contributed by atoms with Crippen LogP contribution in [0, 0.1) is 0 Å². The average molecular weight is 387 g/mol. The lowest BCUT2D eigenvalue weighted by molar-refractivity contribution is 0.306. The third kappa shape index (κ3) is 2.34. The van der Waals surface area contributed by atoms with Crippen LogP contribution in [-0.2, 0) is 0 Å². The second-order valence-electron chi connectivity index (χ2n) is 6.31. The van der Waals surface area contributed by atoms with Crippen molar-refractivity contribution in [3.05, 3.63) is 35.1 Å². The molecule has 6 nitrogen and oxygen atoms in total. The van der Waals surface area contributed by atoms with Gasteiger partial charge in [0, 0.05) is 27.6 Å². The van der Waals surface area contributed by atoms with Crippen LogP contribution in [0.5, 0.6) is 0 Å². The monoisotopic (exact) mass is 386 g/mol. The molecular formula is C17H19BrN6. The number of aliphatic imine (C=N–C) groups is 2. The summed E-state index contributed by atoms with van der Waals surface area (Å²) in [5, 5.41) is 2.11. The summed E-state index contributed by atoms with van der Waals surface area (Å²) in [6, 6.07) is 6.08. The molecule has 124 valence electrons. The molecule has 4 rings (SSSR count). The van der Waals surface area contributed by atoms with Gasteiger partial charge in [0.15, 0.2) is 0 Å². The van der Waals surface area contributed by atoms with Gasteiger partial charge >= 0.3 is 0 Å². The summed E-state index contributed by atoms with van der Waals surface area (Å²) in [6.07, 6.45) is 8.92. The highest BCUT2D eigenvalue weighted by Gasteiger charge is 2.43. The molecule has 4 N–H and O–H groups in total. The van der Waals surface area contributed by atoms with E-state index in [4.69, 9.17) is 16.5 Å². The lowest BCUT2D eigenvalue weighted by atomic mass is 9.87. The van der Waals surface area contributed by atoms with Gasteiger partial charge in [0.1, 0.15) is 5.66 Å². The van der Waals surface area contributed by atoms with Crippen molar-refractivity contribution in [2.45, 2.75) is 37.8 Å². The van der Waals surface area contributed by atoms with Gasteiger partial charge in [0.25, 0.3) is 0 Å². The van der Waals surface area contributed by atoms with Gasteiger partial charge in [-0.15, -0.1) is 0 Å². The largest absolute Gasteiger partial charge is 0.369 e. The van der Waals surface area contributed by atoms with E-state index in [9.17, 15) is 0 Å². The second-order valence-corrected chi connectivity index (χ2v) is 7.16. The molecule has 7 heteroatoms. The Hall–Kier alpha value is -2.15. The standard InChI is InChI=1S/C17H19BrN6/c18-13-4-5-14(11-6-9-21-10-12(11)13)24-16(20)22-15(19)23-17(24)7-2-1-3-8-17/h4-6,9-10H,1-3,7-8H2,(H4,19,20,22,23). The van der Waals surface area contributed by atoms with E-state index < -0.39 is 5.66 Å². The first-order valence-corrected chi connectivity index (χ1v) is 8.92. The van der Waals surface area contributed by atoms with Gasteiger partial charge in [-0.05, 0) is 43.9 Å². The van der Waals surface area contributed by atoms with E-state index in [2.05, 4.69) is 36.9 Å². The van der Waals surface area contributed by atoms with Gasteiger partial charge in [0.2, 0.25) is 11.9 Å². The van der Waals surface area contributed by atoms with Gasteiger partial charge in [-0.25, -0.2) is 4.99 Å². The molecule has 2 heterocycles. The summed E-state index contributed by atoms with van der Waals surface area (Å²) < 4.78 is 1.00. The molecule has 0 atom stereocenters. The van der Waals surface area contributed by atoms with E-state index in [-0.39, 0.29) is 5.96 Å². The first kappa shape index (κ1) is 15.4. The summed E-state index contributed by atoms with van der Waals surface area (Å²) in [6.45, 7) is 0.